The van der Waals surface area contributed by atoms with Gasteiger partial charge in [-0.2, -0.15) is 0 Å². The van der Waals surface area contributed by atoms with Gasteiger partial charge in [-0.3, -0.25) is 9.69 Å². The summed E-state index contributed by atoms with van der Waals surface area (Å²) in [7, 11) is 0. The summed E-state index contributed by atoms with van der Waals surface area (Å²) < 4.78 is 0. The molecule has 4 nitrogen and oxygen atoms in total. The average molecular weight is 187 g/mol. The fourth-order valence-electron chi connectivity index (χ4n) is 0.991. The van der Waals surface area contributed by atoms with Crippen LogP contribution in [0.15, 0.2) is 12.7 Å². The highest BCUT2D eigenvalue weighted by atomic mass is 16.3. The van der Waals surface area contributed by atoms with Crippen LogP contribution in [-0.4, -0.2) is 33.5 Å². The maximum atomic E-state index is 11.2. The Bertz CT molecular complexity index is 172. The lowest BCUT2D eigenvalue weighted by Crippen LogP contribution is -2.46. The Hall–Kier alpha value is -0.870. The molecular formula is C9H17NO3. The summed E-state index contributed by atoms with van der Waals surface area (Å²) in [4.78, 5) is 12.2. The van der Waals surface area contributed by atoms with Gasteiger partial charge in [0.2, 0.25) is 5.91 Å². The van der Waals surface area contributed by atoms with Gasteiger partial charge in [0.05, 0.1) is 0 Å². The third kappa shape index (κ3) is 3.16. The first-order chi connectivity index (χ1) is 6.08. The van der Waals surface area contributed by atoms with E-state index in [0.29, 0.717) is 12.8 Å². The first kappa shape index (κ1) is 12.1. The zero-order valence-electron chi connectivity index (χ0n) is 8.10. The van der Waals surface area contributed by atoms with Crippen LogP contribution in [0.5, 0.6) is 0 Å². The van der Waals surface area contributed by atoms with Crippen molar-refractivity contribution in [2.24, 2.45) is 0 Å². The summed E-state index contributed by atoms with van der Waals surface area (Å²) in [5.74, 6) is -0.455. The van der Waals surface area contributed by atoms with Gasteiger partial charge < -0.3 is 10.2 Å². The van der Waals surface area contributed by atoms with E-state index in [4.69, 9.17) is 0 Å². The van der Waals surface area contributed by atoms with Gasteiger partial charge in [0.25, 0.3) is 0 Å². The standard InChI is InChI=1S/C9H17NO3/c1-4-7(11)10(8(12)5-2)9(13)6-3/h4,8-9,12-13H,1,5-6H2,2-3H3. The van der Waals surface area contributed by atoms with Gasteiger partial charge in [-0.1, -0.05) is 20.4 Å². The second kappa shape index (κ2) is 5.72. The molecule has 4 heteroatoms. The van der Waals surface area contributed by atoms with E-state index in [1.165, 1.54) is 0 Å². The van der Waals surface area contributed by atoms with Crippen molar-refractivity contribution >= 4 is 5.91 Å². The average Bonchev–Trinajstić information content (AvgIpc) is 2.16. The van der Waals surface area contributed by atoms with Gasteiger partial charge in [0.1, 0.15) is 12.5 Å². The van der Waals surface area contributed by atoms with Crippen LogP contribution in [0.4, 0.5) is 0 Å². The number of carbonyl (C=O) groups excluding carboxylic acids is 1. The lowest BCUT2D eigenvalue weighted by Gasteiger charge is -2.30. The number of hydrogen-bond donors (Lipinski definition) is 2. The summed E-state index contributed by atoms with van der Waals surface area (Å²) in [6, 6.07) is 0. The zero-order chi connectivity index (χ0) is 10.4. The third-order valence-corrected chi connectivity index (χ3v) is 1.80. The highest BCUT2D eigenvalue weighted by Crippen LogP contribution is 2.08. The Kier molecular flexibility index (Phi) is 5.34. The van der Waals surface area contributed by atoms with Crippen LogP contribution in [-0.2, 0) is 4.79 Å². The lowest BCUT2D eigenvalue weighted by atomic mass is 10.3. The van der Waals surface area contributed by atoms with Crippen LogP contribution in [0, 0.1) is 0 Å². The minimum atomic E-state index is -0.944. The Morgan fingerprint density at radius 1 is 1.38 bits per heavy atom. The molecule has 0 radical (unpaired) electrons. The molecule has 1 amide bonds. The molecule has 2 N–H and O–H groups in total. The highest BCUT2D eigenvalue weighted by molar-refractivity contribution is 5.87. The zero-order valence-corrected chi connectivity index (χ0v) is 8.10. The van der Waals surface area contributed by atoms with Crippen molar-refractivity contribution in [1.82, 2.24) is 4.90 Å². The highest BCUT2D eigenvalue weighted by Gasteiger charge is 2.23. The van der Waals surface area contributed by atoms with Crippen molar-refractivity contribution in [1.29, 1.82) is 0 Å². The van der Waals surface area contributed by atoms with Crippen molar-refractivity contribution in [3.05, 3.63) is 12.7 Å². The molecule has 0 heterocycles. The number of aliphatic hydroxyl groups excluding tert-OH is 2. The van der Waals surface area contributed by atoms with Crippen LogP contribution in [0.2, 0.25) is 0 Å². The lowest BCUT2D eigenvalue weighted by molar-refractivity contribution is -0.155. The van der Waals surface area contributed by atoms with E-state index in [2.05, 4.69) is 6.58 Å². The van der Waals surface area contributed by atoms with E-state index in [0.717, 1.165) is 11.0 Å². The van der Waals surface area contributed by atoms with Gasteiger partial charge in [-0.05, 0) is 18.9 Å². The molecule has 0 aliphatic rings. The van der Waals surface area contributed by atoms with Crippen LogP contribution in [0.25, 0.3) is 0 Å². The molecule has 2 atom stereocenters. The molecule has 0 aromatic heterocycles. The maximum absolute atomic E-state index is 11.2. The molecule has 0 spiro atoms. The van der Waals surface area contributed by atoms with Crippen molar-refractivity contribution in [2.45, 2.75) is 39.1 Å². The number of carbonyl (C=O) groups is 1. The molecule has 0 fully saturated rings. The van der Waals surface area contributed by atoms with Crippen LogP contribution < -0.4 is 0 Å². The molecule has 0 aliphatic heterocycles. The van der Waals surface area contributed by atoms with Crippen molar-refractivity contribution in [2.75, 3.05) is 0 Å². The van der Waals surface area contributed by atoms with Crippen LogP contribution >= 0.6 is 0 Å². The quantitative estimate of drug-likeness (QED) is 0.485. The van der Waals surface area contributed by atoms with Gasteiger partial charge in [0.15, 0.2) is 0 Å². The summed E-state index contributed by atoms with van der Waals surface area (Å²) in [6.07, 6.45) is -0.0358. The monoisotopic (exact) mass is 187 g/mol. The largest absolute Gasteiger partial charge is 0.373 e. The molecule has 0 saturated carbocycles. The Morgan fingerprint density at radius 3 is 2.00 bits per heavy atom. The molecule has 2 unspecified atom stereocenters. The summed E-state index contributed by atoms with van der Waals surface area (Å²) >= 11 is 0. The minimum Gasteiger partial charge on any atom is -0.373 e. The van der Waals surface area contributed by atoms with E-state index in [-0.39, 0.29) is 0 Å². The molecule has 0 rings (SSSR count). The van der Waals surface area contributed by atoms with Gasteiger partial charge in [0, 0.05) is 0 Å². The molecule has 0 aliphatic carbocycles. The number of amides is 1. The second-order valence-corrected chi connectivity index (χ2v) is 2.73. The maximum Gasteiger partial charge on any atom is 0.250 e. The predicted molar refractivity (Wildman–Crippen MR) is 49.6 cm³/mol. The van der Waals surface area contributed by atoms with Crippen LogP contribution in [0.3, 0.4) is 0 Å². The topological polar surface area (TPSA) is 60.8 Å². The molecule has 13 heavy (non-hydrogen) atoms. The number of hydrogen-bond acceptors (Lipinski definition) is 3. The number of nitrogens with zero attached hydrogens (tertiary/aromatic N) is 1. The fourth-order valence-corrected chi connectivity index (χ4v) is 0.991. The van der Waals surface area contributed by atoms with Gasteiger partial charge in [-0.25, -0.2) is 0 Å². The predicted octanol–water partition coefficient (Wildman–Crippen LogP) is 0.458. The number of aliphatic hydroxyl groups is 2. The van der Waals surface area contributed by atoms with Crippen molar-refractivity contribution < 1.29 is 15.0 Å². The Morgan fingerprint density at radius 2 is 1.77 bits per heavy atom. The second-order valence-electron chi connectivity index (χ2n) is 2.73. The Labute approximate surface area is 78.5 Å². The molecule has 0 bridgehead atoms. The fraction of sp³-hybridized carbons (Fsp3) is 0.667. The molecule has 0 saturated heterocycles. The van der Waals surface area contributed by atoms with Crippen molar-refractivity contribution in [3.8, 4) is 0 Å². The smallest absolute Gasteiger partial charge is 0.250 e. The van der Waals surface area contributed by atoms with Gasteiger partial charge in [-0.15, -0.1) is 0 Å². The molecule has 0 aromatic rings. The first-order valence-electron chi connectivity index (χ1n) is 4.39. The molecule has 76 valence electrons. The third-order valence-electron chi connectivity index (χ3n) is 1.80. The van der Waals surface area contributed by atoms with E-state index < -0.39 is 18.4 Å². The summed E-state index contributed by atoms with van der Waals surface area (Å²) in [6.45, 7) is 6.77. The van der Waals surface area contributed by atoms with Crippen LogP contribution in [0.1, 0.15) is 26.7 Å². The van der Waals surface area contributed by atoms with E-state index in [9.17, 15) is 15.0 Å². The SMILES string of the molecule is C=CC(=O)N(C(O)CC)C(O)CC. The van der Waals surface area contributed by atoms with Crippen molar-refractivity contribution in [3.63, 3.8) is 0 Å². The van der Waals surface area contributed by atoms with E-state index in [1.54, 1.807) is 13.8 Å². The first-order valence-corrected chi connectivity index (χ1v) is 4.39. The van der Waals surface area contributed by atoms with E-state index >= 15 is 0 Å². The molecular weight excluding hydrogens is 170 g/mol. The molecule has 0 aromatic carbocycles. The minimum absolute atomic E-state index is 0.386. The van der Waals surface area contributed by atoms with Gasteiger partial charge >= 0.3 is 0 Å². The van der Waals surface area contributed by atoms with E-state index in [1.807, 2.05) is 0 Å². The number of rotatable bonds is 5. The Balaban J connectivity index is 4.53. The summed E-state index contributed by atoms with van der Waals surface area (Å²) in [5.41, 5.74) is 0. The normalized spacial score (nSPS) is 14.8. The summed E-state index contributed by atoms with van der Waals surface area (Å²) in [5, 5.41) is 18.8.